The number of hydrogen-bond donors (Lipinski definition) is 0. The van der Waals surface area contributed by atoms with Gasteiger partial charge in [-0.05, 0) is 49.1 Å². The van der Waals surface area contributed by atoms with Gasteiger partial charge >= 0.3 is 0 Å². The molecule has 6 heteroatoms. The summed E-state index contributed by atoms with van der Waals surface area (Å²) in [5.41, 5.74) is 2.47. The van der Waals surface area contributed by atoms with Crippen molar-refractivity contribution >= 4 is 23.2 Å². The topological polar surface area (TPSA) is 35.0 Å². The molecule has 0 bridgehead atoms. The number of ether oxygens (including phenoxy) is 1. The SMILES string of the molecule is CCC(F)CCc1c(Cl)nc(-c2ccc(OCc3ccccc3)cc2)nc1Cl. The average Bonchev–Trinajstić information content (AvgIpc) is 2.72. The van der Waals surface area contributed by atoms with Gasteiger partial charge in [-0.2, -0.15) is 0 Å². The van der Waals surface area contributed by atoms with Crippen LogP contribution in [0.4, 0.5) is 4.39 Å². The first-order valence-corrected chi connectivity index (χ1v) is 9.95. The third kappa shape index (κ3) is 5.43. The predicted molar refractivity (Wildman–Crippen MR) is 112 cm³/mol. The molecular weight excluding hydrogens is 398 g/mol. The Hall–Kier alpha value is -2.17. The fourth-order valence-electron chi connectivity index (χ4n) is 2.71. The highest BCUT2D eigenvalue weighted by molar-refractivity contribution is 6.34. The largest absolute Gasteiger partial charge is 0.489 e. The van der Waals surface area contributed by atoms with Gasteiger partial charge in [0, 0.05) is 11.1 Å². The second-order valence-electron chi connectivity index (χ2n) is 6.45. The zero-order chi connectivity index (χ0) is 19.9. The molecule has 1 aromatic heterocycles. The maximum Gasteiger partial charge on any atom is 0.162 e. The molecule has 0 fully saturated rings. The molecule has 146 valence electrons. The zero-order valence-corrected chi connectivity index (χ0v) is 17.1. The van der Waals surface area contributed by atoms with Crippen LogP contribution in [0.3, 0.4) is 0 Å². The Labute approximate surface area is 174 Å². The fourth-order valence-corrected chi connectivity index (χ4v) is 3.29. The molecule has 0 N–H and O–H groups in total. The molecule has 28 heavy (non-hydrogen) atoms. The number of alkyl halides is 1. The van der Waals surface area contributed by atoms with Gasteiger partial charge in [-0.25, -0.2) is 14.4 Å². The van der Waals surface area contributed by atoms with Crippen LogP contribution in [0.1, 0.15) is 30.9 Å². The van der Waals surface area contributed by atoms with E-state index in [1.165, 1.54) is 0 Å². The Morgan fingerprint density at radius 2 is 1.61 bits per heavy atom. The van der Waals surface area contributed by atoms with Crippen molar-refractivity contribution in [2.75, 3.05) is 0 Å². The highest BCUT2D eigenvalue weighted by Crippen LogP contribution is 2.28. The van der Waals surface area contributed by atoms with E-state index in [1.54, 1.807) is 6.92 Å². The number of nitrogens with zero attached hydrogens (tertiary/aromatic N) is 2. The maximum absolute atomic E-state index is 13.5. The van der Waals surface area contributed by atoms with Gasteiger partial charge in [-0.15, -0.1) is 0 Å². The van der Waals surface area contributed by atoms with Gasteiger partial charge in [0.1, 0.15) is 28.8 Å². The lowest BCUT2D eigenvalue weighted by atomic mass is 10.1. The van der Waals surface area contributed by atoms with E-state index in [4.69, 9.17) is 27.9 Å². The van der Waals surface area contributed by atoms with Crippen molar-refractivity contribution in [1.29, 1.82) is 0 Å². The van der Waals surface area contributed by atoms with Crippen LogP contribution < -0.4 is 4.74 Å². The fraction of sp³-hybridized carbons (Fsp3) is 0.273. The summed E-state index contributed by atoms with van der Waals surface area (Å²) in [5.74, 6) is 1.18. The summed E-state index contributed by atoms with van der Waals surface area (Å²) in [6.07, 6.45) is 0.355. The summed E-state index contributed by atoms with van der Waals surface area (Å²) in [6, 6.07) is 17.4. The number of hydrogen-bond acceptors (Lipinski definition) is 3. The van der Waals surface area contributed by atoms with E-state index in [0.717, 1.165) is 16.9 Å². The summed E-state index contributed by atoms with van der Waals surface area (Å²) in [4.78, 5) is 8.68. The Kier molecular flexibility index (Phi) is 7.24. The molecule has 0 aliphatic rings. The van der Waals surface area contributed by atoms with Crippen LogP contribution in [0.25, 0.3) is 11.4 Å². The number of halogens is 3. The van der Waals surface area contributed by atoms with E-state index in [1.807, 2.05) is 54.6 Å². The second kappa shape index (κ2) is 9.85. The second-order valence-corrected chi connectivity index (χ2v) is 7.17. The molecule has 0 saturated heterocycles. The minimum absolute atomic E-state index is 0.266. The minimum Gasteiger partial charge on any atom is -0.489 e. The number of benzene rings is 2. The summed E-state index contributed by atoms with van der Waals surface area (Å²) in [7, 11) is 0. The van der Waals surface area contributed by atoms with Crippen LogP contribution in [0.15, 0.2) is 54.6 Å². The van der Waals surface area contributed by atoms with E-state index in [-0.39, 0.29) is 10.3 Å². The third-order valence-electron chi connectivity index (χ3n) is 4.42. The lowest BCUT2D eigenvalue weighted by Gasteiger charge is -2.10. The molecule has 3 rings (SSSR count). The van der Waals surface area contributed by atoms with E-state index < -0.39 is 6.17 Å². The van der Waals surface area contributed by atoms with Gasteiger partial charge in [0.2, 0.25) is 0 Å². The standard InChI is InChI=1S/C22H21Cl2FN2O/c1-2-17(25)10-13-19-20(23)26-22(27-21(19)24)16-8-11-18(12-9-16)28-14-15-6-4-3-5-7-15/h3-9,11-12,17H,2,10,13-14H2,1H3. The Morgan fingerprint density at radius 1 is 0.964 bits per heavy atom. The normalized spacial score (nSPS) is 12.0. The van der Waals surface area contributed by atoms with Crippen molar-refractivity contribution in [1.82, 2.24) is 9.97 Å². The quantitative estimate of drug-likeness (QED) is 0.381. The van der Waals surface area contributed by atoms with Crippen LogP contribution in [-0.2, 0) is 13.0 Å². The summed E-state index contributed by atoms with van der Waals surface area (Å²) >= 11 is 12.6. The van der Waals surface area contributed by atoms with Crippen LogP contribution in [-0.4, -0.2) is 16.1 Å². The van der Waals surface area contributed by atoms with Crippen molar-refractivity contribution in [3.63, 3.8) is 0 Å². The molecule has 3 nitrogen and oxygen atoms in total. The Morgan fingerprint density at radius 3 is 2.21 bits per heavy atom. The number of rotatable bonds is 8. The van der Waals surface area contributed by atoms with E-state index in [9.17, 15) is 4.39 Å². The molecule has 1 heterocycles. The molecule has 0 saturated carbocycles. The van der Waals surface area contributed by atoms with Crippen molar-refractivity contribution in [3.8, 4) is 17.1 Å². The molecule has 1 atom stereocenters. The van der Waals surface area contributed by atoms with Crippen LogP contribution in [0.2, 0.25) is 10.3 Å². The van der Waals surface area contributed by atoms with Crippen LogP contribution >= 0.6 is 23.2 Å². The van der Waals surface area contributed by atoms with Crippen molar-refractivity contribution < 1.29 is 9.13 Å². The molecule has 1 unspecified atom stereocenters. The highest BCUT2D eigenvalue weighted by atomic mass is 35.5. The van der Waals surface area contributed by atoms with Crippen molar-refractivity contribution in [2.45, 2.75) is 39.0 Å². The molecular formula is C22H21Cl2FN2O. The molecule has 0 radical (unpaired) electrons. The first-order valence-electron chi connectivity index (χ1n) is 9.20. The average molecular weight is 419 g/mol. The predicted octanol–water partition coefficient (Wildman–Crippen LogP) is 6.71. The van der Waals surface area contributed by atoms with Gasteiger partial charge in [0.25, 0.3) is 0 Å². The smallest absolute Gasteiger partial charge is 0.162 e. The van der Waals surface area contributed by atoms with Gasteiger partial charge in [-0.3, -0.25) is 0 Å². The monoisotopic (exact) mass is 418 g/mol. The van der Waals surface area contributed by atoms with Crippen molar-refractivity contribution in [2.24, 2.45) is 0 Å². The minimum atomic E-state index is -0.879. The van der Waals surface area contributed by atoms with Gasteiger partial charge in [0.05, 0.1) is 0 Å². The maximum atomic E-state index is 13.5. The first-order chi connectivity index (χ1) is 13.6. The molecule has 0 aliphatic heterocycles. The Balaban J connectivity index is 1.69. The zero-order valence-electron chi connectivity index (χ0n) is 15.5. The molecule has 0 amide bonds. The van der Waals surface area contributed by atoms with E-state index in [2.05, 4.69) is 9.97 Å². The molecule has 2 aromatic carbocycles. The van der Waals surface area contributed by atoms with Gasteiger partial charge in [0.15, 0.2) is 5.82 Å². The summed E-state index contributed by atoms with van der Waals surface area (Å²) in [5, 5.41) is 0.533. The lowest BCUT2D eigenvalue weighted by molar-refractivity contribution is 0.306. The highest BCUT2D eigenvalue weighted by Gasteiger charge is 2.15. The third-order valence-corrected chi connectivity index (χ3v) is 5.04. The lowest BCUT2D eigenvalue weighted by Crippen LogP contribution is -2.03. The molecule has 0 spiro atoms. The summed E-state index contributed by atoms with van der Waals surface area (Å²) in [6.45, 7) is 2.30. The number of aromatic nitrogens is 2. The van der Waals surface area contributed by atoms with Gasteiger partial charge in [-0.1, -0.05) is 60.5 Å². The summed E-state index contributed by atoms with van der Waals surface area (Å²) < 4.78 is 19.3. The first kappa shape index (κ1) is 20.6. The molecule has 0 aliphatic carbocycles. The van der Waals surface area contributed by atoms with E-state index in [0.29, 0.717) is 37.3 Å². The van der Waals surface area contributed by atoms with Crippen molar-refractivity contribution in [3.05, 3.63) is 76.0 Å². The van der Waals surface area contributed by atoms with Gasteiger partial charge < -0.3 is 4.74 Å². The van der Waals surface area contributed by atoms with E-state index >= 15 is 0 Å². The van der Waals surface area contributed by atoms with Crippen LogP contribution in [0, 0.1) is 0 Å². The Bertz CT molecular complexity index is 881. The molecule has 3 aromatic rings. The van der Waals surface area contributed by atoms with Crippen LogP contribution in [0.5, 0.6) is 5.75 Å².